The van der Waals surface area contributed by atoms with Crippen LogP contribution < -0.4 is 11.1 Å². The summed E-state index contributed by atoms with van der Waals surface area (Å²) in [6, 6.07) is 11.5. The highest BCUT2D eigenvalue weighted by molar-refractivity contribution is 5.27. The van der Waals surface area contributed by atoms with Gasteiger partial charge >= 0.3 is 0 Å². The predicted octanol–water partition coefficient (Wildman–Crippen LogP) is 2.26. The first-order valence-electron chi connectivity index (χ1n) is 6.81. The van der Waals surface area contributed by atoms with Crippen LogP contribution in [0, 0.1) is 5.41 Å². The molecule has 2 nitrogen and oxygen atoms in total. The fraction of sp³-hybridized carbons (Fsp3) is 0.600. The van der Waals surface area contributed by atoms with Crippen LogP contribution >= 0.6 is 0 Å². The van der Waals surface area contributed by atoms with E-state index >= 15 is 0 Å². The van der Waals surface area contributed by atoms with Gasteiger partial charge in [0.15, 0.2) is 0 Å². The molecule has 2 atom stereocenters. The molecule has 2 fully saturated rings. The highest BCUT2D eigenvalue weighted by Crippen LogP contribution is 2.43. The maximum Gasteiger partial charge on any atom is 0.0143 e. The minimum Gasteiger partial charge on any atom is -0.330 e. The Balaban J connectivity index is 1.50. The van der Waals surface area contributed by atoms with Crippen molar-refractivity contribution in [2.24, 2.45) is 11.1 Å². The van der Waals surface area contributed by atoms with Crippen molar-refractivity contribution in [2.75, 3.05) is 13.1 Å². The lowest BCUT2D eigenvalue weighted by Gasteiger charge is -2.41. The fourth-order valence-electron chi connectivity index (χ4n) is 2.97. The molecule has 92 valence electrons. The maximum atomic E-state index is 5.88. The van der Waals surface area contributed by atoms with E-state index in [1.165, 1.54) is 31.2 Å². The Morgan fingerprint density at radius 3 is 2.59 bits per heavy atom. The Morgan fingerprint density at radius 1 is 1.24 bits per heavy atom. The molecule has 0 amide bonds. The van der Waals surface area contributed by atoms with E-state index in [-0.39, 0.29) is 0 Å². The topological polar surface area (TPSA) is 38.0 Å². The maximum absolute atomic E-state index is 5.88. The van der Waals surface area contributed by atoms with E-state index < -0.39 is 0 Å². The van der Waals surface area contributed by atoms with Gasteiger partial charge in [-0.1, -0.05) is 36.8 Å². The summed E-state index contributed by atoms with van der Waals surface area (Å²) < 4.78 is 0. The quantitative estimate of drug-likeness (QED) is 0.814. The van der Waals surface area contributed by atoms with Crippen LogP contribution in [0.3, 0.4) is 0 Å². The highest BCUT2D eigenvalue weighted by atomic mass is 15.0. The molecule has 3 rings (SSSR count). The van der Waals surface area contributed by atoms with Crippen LogP contribution in [-0.4, -0.2) is 19.1 Å². The van der Waals surface area contributed by atoms with Crippen molar-refractivity contribution >= 4 is 0 Å². The summed E-state index contributed by atoms with van der Waals surface area (Å²) in [5, 5.41) is 3.72. The van der Waals surface area contributed by atoms with Crippen LogP contribution in [0.15, 0.2) is 30.3 Å². The predicted molar refractivity (Wildman–Crippen MR) is 70.9 cm³/mol. The Kier molecular flexibility index (Phi) is 2.93. The Bertz CT molecular complexity index is 364. The van der Waals surface area contributed by atoms with E-state index in [4.69, 9.17) is 5.73 Å². The second-order valence-electron chi connectivity index (χ2n) is 5.80. The molecule has 3 N–H and O–H groups in total. The monoisotopic (exact) mass is 230 g/mol. The molecule has 0 aliphatic heterocycles. The molecule has 0 heterocycles. The molecular formula is C15H22N2. The van der Waals surface area contributed by atoms with Crippen molar-refractivity contribution in [3.63, 3.8) is 0 Å². The lowest BCUT2D eigenvalue weighted by Crippen LogP contribution is -2.46. The summed E-state index contributed by atoms with van der Waals surface area (Å²) in [4.78, 5) is 0. The summed E-state index contributed by atoms with van der Waals surface area (Å²) in [7, 11) is 0. The molecular weight excluding hydrogens is 208 g/mol. The summed E-state index contributed by atoms with van der Waals surface area (Å²) >= 11 is 0. The Labute approximate surface area is 104 Å². The smallest absolute Gasteiger partial charge is 0.0143 e. The van der Waals surface area contributed by atoms with Gasteiger partial charge in [0.2, 0.25) is 0 Å². The number of nitrogens with two attached hydrogens (primary N) is 1. The van der Waals surface area contributed by atoms with E-state index in [0.717, 1.165) is 19.0 Å². The third-order valence-corrected chi connectivity index (χ3v) is 4.60. The van der Waals surface area contributed by atoms with Gasteiger partial charge in [-0.25, -0.2) is 0 Å². The molecule has 0 bridgehead atoms. The molecule has 0 aromatic heterocycles. The normalized spacial score (nSPS) is 29.7. The van der Waals surface area contributed by atoms with Crippen LogP contribution in [0.2, 0.25) is 0 Å². The van der Waals surface area contributed by atoms with Crippen molar-refractivity contribution < 1.29 is 0 Å². The summed E-state index contributed by atoms with van der Waals surface area (Å²) in [5.41, 5.74) is 7.80. The number of rotatable bonds is 5. The van der Waals surface area contributed by atoms with Crippen LogP contribution in [0.4, 0.5) is 0 Å². The number of nitrogens with one attached hydrogen (secondary N) is 1. The molecule has 1 aromatic rings. The van der Waals surface area contributed by atoms with Crippen molar-refractivity contribution in [3.8, 4) is 0 Å². The summed E-state index contributed by atoms with van der Waals surface area (Å²) in [6.45, 7) is 1.97. The molecule has 0 saturated heterocycles. The first kappa shape index (κ1) is 11.2. The average Bonchev–Trinajstić information content (AvgIpc) is 3.09. The van der Waals surface area contributed by atoms with E-state index in [1.54, 1.807) is 0 Å². The zero-order chi connectivity index (χ0) is 11.7. The van der Waals surface area contributed by atoms with Crippen LogP contribution in [0.5, 0.6) is 0 Å². The van der Waals surface area contributed by atoms with Crippen molar-refractivity contribution in [1.82, 2.24) is 5.32 Å². The third kappa shape index (κ3) is 2.24. The van der Waals surface area contributed by atoms with Gasteiger partial charge < -0.3 is 11.1 Å². The summed E-state index contributed by atoms with van der Waals surface area (Å²) in [6.07, 6.45) is 5.30. The molecule has 2 aliphatic carbocycles. The Morgan fingerprint density at radius 2 is 2.00 bits per heavy atom. The molecule has 0 radical (unpaired) electrons. The van der Waals surface area contributed by atoms with Crippen LogP contribution in [0.25, 0.3) is 0 Å². The molecule has 0 unspecified atom stereocenters. The van der Waals surface area contributed by atoms with E-state index in [2.05, 4.69) is 35.6 Å². The third-order valence-electron chi connectivity index (χ3n) is 4.60. The van der Waals surface area contributed by atoms with Gasteiger partial charge in [0.05, 0.1) is 0 Å². The number of hydrogen-bond acceptors (Lipinski definition) is 2. The molecule has 17 heavy (non-hydrogen) atoms. The van der Waals surface area contributed by atoms with Crippen LogP contribution in [-0.2, 0) is 0 Å². The molecule has 0 spiro atoms. The average molecular weight is 230 g/mol. The van der Waals surface area contributed by atoms with E-state index in [0.29, 0.717) is 11.5 Å². The fourth-order valence-corrected chi connectivity index (χ4v) is 2.97. The summed E-state index contributed by atoms with van der Waals surface area (Å²) in [5.74, 6) is 0.742. The van der Waals surface area contributed by atoms with Gasteiger partial charge in [0, 0.05) is 18.5 Å². The second kappa shape index (κ2) is 4.43. The molecule has 2 aliphatic rings. The zero-order valence-corrected chi connectivity index (χ0v) is 10.4. The standard InChI is InChI=1S/C15H22N2/c16-10-15(7-4-8-15)11-17-14-9-13(14)12-5-2-1-3-6-12/h1-3,5-6,13-14,17H,4,7-11,16H2/t13-,14+/m1/s1. The van der Waals surface area contributed by atoms with Crippen molar-refractivity contribution in [3.05, 3.63) is 35.9 Å². The van der Waals surface area contributed by atoms with Gasteiger partial charge in [0.25, 0.3) is 0 Å². The number of hydrogen-bond donors (Lipinski definition) is 2. The lowest BCUT2D eigenvalue weighted by molar-refractivity contribution is 0.140. The minimum absolute atomic E-state index is 0.434. The zero-order valence-electron chi connectivity index (χ0n) is 10.4. The van der Waals surface area contributed by atoms with E-state index in [1.807, 2.05) is 0 Å². The van der Waals surface area contributed by atoms with Gasteiger partial charge in [-0.15, -0.1) is 0 Å². The van der Waals surface area contributed by atoms with Gasteiger partial charge in [-0.3, -0.25) is 0 Å². The van der Waals surface area contributed by atoms with E-state index in [9.17, 15) is 0 Å². The second-order valence-corrected chi connectivity index (χ2v) is 5.80. The Hall–Kier alpha value is -0.860. The number of benzene rings is 1. The first-order chi connectivity index (χ1) is 8.33. The molecule has 2 saturated carbocycles. The van der Waals surface area contributed by atoms with Crippen LogP contribution in [0.1, 0.15) is 37.2 Å². The first-order valence-corrected chi connectivity index (χ1v) is 6.81. The van der Waals surface area contributed by atoms with Gasteiger partial charge in [-0.2, -0.15) is 0 Å². The highest BCUT2D eigenvalue weighted by Gasteiger charge is 2.41. The SMILES string of the molecule is NCC1(CN[C@H]2C[C@@H]2c2ccccc2)CCC1. The molecule has 2 heteroatoms. The largest absolute Gasteiger partial charge is 0.330 e. The lowest BCUT2D eigenvalue weighted by atomic mass is 9.69. The van der Waals surface area contributed by atoms with Gasteiger partial charge in [-0.05, 0) is 36.8 Å². The molecule has 1 aromatic carbocycles. The van der Waals surface area contributed by atoms with Gasteiger partial charge in [0.1, 0.15) is 0 Å². The van der Waals surface area contributed by atoms with Crippen molar-refractivity contribution in [2.45, 2.75) is 37.6 Å². The van der Waals surface area contributed by atoms with Crippen molar-refractivity contribution in [1.29, 1.82) is 0 Å². The minimum atomic E-state index is 0.434.